The average Bonchev–Trinajstić information content (AvgIpc) is 2.81. The molecule has 0 saturated heterocycles. The lowest BCUT2D eigenvalue weighted by Gasteiger charge is -2.25. The van der Waals surface area contributed by atoms with Gasteiger partial charge in [-0.05, 0) is 59.0 Å². The number of rotatable bonds is 9. The molecule has 1 aromatic rings. The lowest BCUT2D eigenvalue weighted by molar-refractivity contribution is 0.300. The summed E-state index contributed by atoms with van der Waals surface area (Å²) >= 11 is 5.32. The minimum absolute atomic E-state index is 0.327. The van der Waals surface area contributed by atoms with E-state index in [0.717, 1.165) is 45.1 Å². The van der Waals surface area contributed by atoms with Crippen LogP contribution >= 0.6 is 12.2 Å². The van der Waals surface area contributed by atoms with Gasteiger partial charge < -0.3 is 9.80 Å². The zero-order valence-electron chi connectivity index (χ0n) is 13.5. The summed E-state index contributed by atoms with van der Waals surface area (Å²) in [6.07, 6.45) is 1.15. The van der Waals surface area contributed by atoms with Crippen LogP contribution in [0.15, 0.2) is 0 Å². The Kier molecular flexibility index (Phi) is 7.23. The van der Waals surface area contributed by atoms with Crippen LogP contribution in [0.2, 0.25) is 0 Å². The van der Waals surface area contributed by atoms with E-state index in [2.05, 4.69) is 59.2 Å². The van der Waals surface area contributed by atoms with Crippen molar-refractivity contribution in [1.29, 1.82) is 0 Å². The van der Waals surface area contributed by atoms with E-state index in [1.54, 1.807) is 0 Å². The zero-order chi connectivity index (χ0) is 15.1. The van der Waals surface area contributed by atoms with E-state index in [9.17, 15) is 0 Å². The third kappa shape index (κ3) is 4.31. The van der Waals surface area contributed by atoms with Crippen LogP contribution in [0.3, 0.4) is 0 Å². The average molecular weight is 299 g/mol. The van der Waals surface area contributed by atoms with Crippen molar-refractivity contribution in [2.24, 2.45) is 0 Å². The number of aromatic nitrogens is 3. The van der Waals surface area contributed by atoms with Crippen LogP contribution in [0, 0.1) is 4.77 Å². The molecule has 0 unspecified atom stereocenters. The highest BCUT2D eigenvalue weighted by molar-refractivity contribution is 7.71. The molecule has 0 radical (unpaired) electrons. The summed E-state index contributed by atoms with van der Waals surface area (Å²) in [5.41, 5.74) is 0. The summed E-state index contributed by atoms with van der Waals surface area (Å²) < 4.78 is 2.80. The molecule has 0 bridgehead atoms. The second kappa shape index (κ2) is 8.42. The zero-order valence-corrected chi connectivity index (χ0v) is 14.3. The number of hydrogen-bond acceptors (Lipinski definition) is 4. The molecule has 1 rings (SSSR count). The molecule has 1 heterocycles. The monoisotopic (exact) mass is 299 g/mol. The molecule has 0 spiro atoms. The van der Waals surface area contributed by atoms with Crippen LogP contribution in [0.4, 0.5) is 5.95 Å². The van der Waals surface area contributed by atoms with Crippen molar-refractivity contribution in [2.45, 2.75) is 47.1 Å². The molecule has 0 fully saturated rings. The van der Waals surface area contributed by atoms with Crippen molar-refractivity contribution in [2.75, 3.05) is 37.6 Å². The van der Waals surface area contributed by atoms with Crippen molar-refractivity contribution in [3.05, 3.63) is 4.77 Å². The Hall–Kier alpha value is -0.880. The molecule has 1 aromatic heterocycles. The molecule has 0 atom stereocenters. The van der Waals surface area contributed by atoms with Crippen molar-refractivity contribution in [3.63, 3.8) is 0 Å². The fraction of sp³-hybridized carbons (Fsp3) is 0.857. The molecule has 6 heteroatoms. The largest absolute Gasteiger partial charge is 0.341 e. The highest BCUT2D eigenvalue weighted by Gasteiger charge is 2.15. The van der Waals surface area contributed by atoms with E-state index in [1.807, 2.05) is 0 Å². The Bertz CT molecular complexity index is 433. The SMILES string of the molecule is CCN(CC)CCCN(CC)c1n[nH]c(=S)n1C(C)C. The predicted octanol–water partition coefficient (Wildman–Crippen LogP) is 3.08. The topological polar surface area (TPSA) is 40.1 Å². The van der Waals surface area contributed by atoms with Crippen LogP contribution < -0.4 is 4.90 Å². The summed E-state index contributed by atoms with van der Waals surface area (Å²) in [7, 11) is 0. The van der Waals surface area contributed by atoms with Gasteiger partial charge in [0.2, 0.25) is 5.95 Å². The predicted molar refractivity (Wildman–Crippen MR) is 88.1 cm³/mol. The van der Waals surface area contributed by atoms with Crippen LogP contribution in [0.1, 0.15) is 47.1 Å². The van der Waals surface area contributed by atoms with Crippen LogP contribution in [0.5, 0.6) is 0 Å². The number of nitrogens with zero attached hydrogens (tertiary/aromatic N) is 4. The summed E-state index contributed by atoms with van der Waals surface area (Å²) in [5.74, 6) is 0.965. The first-order valence-corrected chi connectivity index (χ1v) is 8.10. The van der Waals surface area contributed by atoms with Crippen molar-refractivity contribution >= 4 is 18.2 Å². The van der Waals surface area contributed by atoms with Gasteiger partial charge in [-0.1, -0.05) is 13.8 Å². The first-order chi connectivity index (χ1) is 9.54. The van der Waals surface area contributed by atoms with E-state index >= 15 is 0 Å². The molecule has 20 heavy (non-hydrogen) atoms. The normalized spacial score (nSPS) is 11.6. The molecule has 5 nitrogen and oxygen atoms in total. The minimum Gasteiger partial charge on any atom is -0.341 e. The maximum Gasteiger partial charge on any atom is 0.225 e. The van der Waals surface area contributed by atoms with Crippen LogP contribution in [-0.2, 0) is 0 Å². The Balaban J connectivity index is 2.70. The third-order valence-electron chi connectivity index (χ3n) is 3.66. The third-order valence-corrected chi connectivity index (χ3v) is 3.95. The Morgan fingerprint density at radius 2 is 1.80 bits per heavy atom. The van der Waals surface area contributed by atoms with Gasteiger partial charge in [0.15, 0.2) is 4.77 Å². The molecule has 0 aliphatic carbocycles. The quantitative estimate of drug-likeness (QED) is 0.711. The van der Waals surface area contributed by atoms with E-state index in [-0.39, 0.29) is 0 Å². The molecular formula is C14H29N5S. The Labute approximate surface area is 128 Å². The number of aromatic amines is 1. The second-order valence-corrected chi connectivity index (χ2v) is 5.64. The van der Waals surface area contributed by atoms with Gasteiger partial charge >= 0.3 is 0 Å². The van der Waals surface area contributed by atoms with E-state index in [1.165, 1.54) is 0 Å². The molecule has 0 amide bonds. The summed E-state index contributed by atoms with van der Waals surface area (Å²) in [5, 5.41) is 7.32. The molecule has 116 valence electrons. The highest BCUT2D eigenvalue weighted by atomic mass is 32.1. The van der Waals surface area contributed by atoms with Gasteiger partial charge in [-0.2, -0.15) is 0 Å². The standard InChI is InChI=1S/C14H29N5S/c1-6-17(7-2)10-9-11-18(8-3)13-15-16-14(20)19(13)12(4)5/h12H,6-11H2,1-5H3,(H,16,20). The second-order valence-electron chi connectivity index (χ2n) is 5.25. The van der Waals surface area contributed by atoms with Crippen LogP contribution in [-0.4, -0.2) is 52.4 Å². The maximum atomic E-state index is 5.32. The molecule has 0 aliphatic rings. The van der Waals surface area contributed by atoms with E-state index < -0.39 is 0 Å². The lowest BCUT2D eigenvalue weighted by Crippen LogP contribution is -2.31. The Morgan fingerprint density at radius 1 is 1.15 bits per heavy atom. The highest BCUT2D eigenvalue weighted by Crippen LogP contribution is 2.17. The summed E-state index contributed by atoms with van der Waals surface area (Å²) in [4.78, 5) is 4.75. The molecular weight excluding hydrogens is 270 g/mol. The van der Waals surface area contributed by atoms with Crippen molar-refractivity contribution < 1.29 is 0 Å². The summed E-state index contributed by atoms with van der Waals surface area (Å²) in [6.45, 7) is 16.2. The van der Waals surface area contributed by atoms with E-state index in [0.29, 0.717) is 10.8 Å². The van der Waals surface area contributed by atoms with Gasteiger partial charge in [0.05, 0.1) is 0 Å². The van der Waals surface area contributed by atoms with Gasteiger partial charge in [0.25, 0.3) is 0 Å². The minimum atomic E-state index is 0.327. The number of nitrogens with one attached hydrogen (secondary N) is 1. The number of anilines is 1. The van der Waals surface area contributed by atoms with Crippen molar-refractivity contribution in [3.8, 4) is 0 Å². The van der Waals surface area contributed by atoms with Gasteiger partial charge in [-0.15, -0.1) is 5.10 Å². The van der Waals surface area contributed by atoms with Gasteiger partial charge in [-0.25, -0.2) is 5.10 Å². The smallest absolute Gasteiger partial charge is 0.225 e. The number of H-pyrrole nitrogens is 1. The van der Waals surface area contributed by atoms with Crippen LogP contribution in [0.25, 0.3) is 0 Å². The van der Waals surface area contributed by atoms with Gasteiger partial charge in [0, 0.05) is 19.1 Å². The molecule has 1 N–H and O–H groups in total. The van der Waals surface area contributed by atoms with Gasteiger partial charge in [-0.3, -0.25) is 4.57 Å². The fourth-order valence-corrected chi connectivity index (χ4v) is 2.75. The lowest BCUT2D eigenvalue weighted by atomic mass is 10.3. The first kappa shape index (κ1) is 17.2. The van der Waals surface area contributed by atoms with Crippen molar-refractivity contribution in [1.82, 2.24) is 19.7 Å². The fourth-order valence-electron chi connectivity index (χ4n) is 2.41. The number of hydrogen-bond donors (Lipinski definition) is 1. The maximum absolute atomic E-state index is 5.32. The van der Waals surface area contributed by atoms with Gasteiger partial charge in [0.1, 0.15) is 0 Å². The first-order valence-electron chi connectivity index (χ1n) is 7.69. The van der Waals surface area contributed by atoms with E-state index in [4.69, 9.17) is 12.2 Å². The molecule has 0 saturated carbocycles. The molecule has 0 aliphatic heterocycles. The molecule has 0 aromatic carbocycles. The Morgan fingerprint density at radius 3 is 2.30 bits per heavy atom. The summed E-state index contributed by atoms with van der Waals surface area (Å²) in [6, 6.07) is 0.327.